The largest absolute Gasteiger partial charge is 0.378 e. The van der Waals surface area contributed by atoms with Crippen molar-refractivity contribution in [3.8, 4) is 5.00 Å². The summed E-state index contributed by atoms with van der Waals surface area (Å²) in [5.74, 6) is 0. The third-order valence-corrected chi connectivity index (χ3v) is 9.18. The highest BCUT2D eigenvalue weighted by Gasteiger charge is 2.36. The maximum atomic E-state index is 13.9. The molecule has 1 atom stereocenters. The topological polar surface area (TPSA) is 40.5 Å². The third kappa shape index (κ3) is 3.72. The maximum absolute atomic E-state index is 13.9. The van der Waals surface area contributed by atoms with Gasteiger partial charge >= 0.3 is 6.03 Å². The minimum absolute atomic E-state index is 0.0740. The first kappa shape index (κ1) is 21.8. The molecule has 34 heavy (non-hydrogen) atoms. The van der Waals surface area contributed by atoms with Gasteiger partial charge < -0.3 is 19.7 Å². The molecule has 0 bridgehead atoms. The van der Waals surface area contributed by atoms with Crippen molar-refractivity contribution in [3.63, 3.8) is 0 Å². The van der Waals surface area contributed by atoms with Crippen molar-refractivity contribution in [3.05, 3.63) is 69.9 Å². The fraction of sp³-hybridized carbons (Fsp3) is 0.464. The van der Waals surface area contributed by atoms with Crippen LogP contribution in [0, 0.1) is 0 Å². The number of carbonyl (C=O) groups is 1. The normalized spacial score (nSPS) is 19.8. The van der Waals surface area contributed by atoms with Gasteiger partial charge in [-0.05, 0) is 73.9 Å². The van der Waals surface area contributed by atoms with E-state index in [1.807, 2.05) is 11.3 Å². The van der Waals surface area contributed by atoms with Crippen LogP contribution in [-0.4, -0.2) is 35.6 Å². The summed E-state index contributed by atoms with van der Waals surface area (Å²) in [5.41, 5.74) is 6.38. The number of rotatable bonds is 3. The number of aromatic nitrogens is 1. The lowest BCUT2D eigenvalue weighted by molar-refractivity contribution is 0.176. The van der Waals surface area contributed by atoms with Crippen molar-refractivity contribution >= 4 is 23.1 Å². The van der Waals surface area contributed by atoms with Gasteiger partial charge in [0, 0.05) is 42.5 Å². The fourth-order valence-electron chi connectivity index (χ4n) is 6.02. The summed E-state index contributed by atoms with van der Waals surface area (Å²) in [4.78, 5) is 19.7. The lowest BCUT2D eigenvalue weighted by Crippen LogP contribution is -2.45. The number of thiophene rings is 1. The molecule has 1 aliphatic heterocycles. The van der Waals surface area contributed by atoms with Gasteiger partial charge in [-0.25, -0.2) is 4.79 Å². The van der Waals surface area contributed by atoms with Crippen LogP contribution in [0.5, 0.6) is 0 Å². The van der Waals surface area contributed by atoms with Crippen LogP contribution in [0.15, 0.2) is 42.6 Å². The van der Waals surface area contributed by atoms with E-state index in [1.54, 1.807) is 0 Å². The molecule has 178 valence electrons. The Morgan fingerprint density at radius 2 is 1.76 bits per heavy atom. The Labute approximate surface area is 206 Å². The van der Waals surface area contributed by atoms with E-state index in [1.165, 1.54) is 64.5 Å². The highest BCUT2D eigenvalue weighted by molar-refractivity contribution is 7.15. The quantitative estimate of drug-likeness (QED) is 0.503. The number of fused-ring (bicyclic) bond motifs is 5. The standard InChI is InChI=1S/C28H34N4OS/c1-30(2)21-15-13-19(14-16-21)26-24-11-7-17-31(24)27-23(22-10-5-6-12-25(22)34-27)18-32(26)28(33)29-20-8-3-4-9-20/h7,11,13-17,20,26H,3-6,8-10,12,18H2,1-2H3,(H,29,33). The van der Waals surface area contributed by atoms with Gasteiger partial charge in [0.1, 0.15) is 5.00 Å². The summed E-state index contributed by atoms with van der Waals surface area (Å²) < 4.78 is 2.37. The molecule has 3 aromatic rings. The number of benzene rings is 1. The van der Waals surface area contributed by atoms with Crippen molar-refractivity contribution in [2.24, 2.45) is 0 Å². The third-order valence-electron chi connectivity index (χ3n) is 7.85. The molecular weight excluding hydrogens is 440 g/mol. The molecule has 6 heteroatoms. The summed E-state index contributed by atoms with van der Waals surface area (Å²) in [6, 6.07) is 13.3. The Kier molecular flexibility index (Phi) is 5.64. The number of amides is 2. The Hall–Kier alpha value is -2.73. The summed E-state index contributed by atoms with van der Waals surface area (Å²) in [7, 11) is 4.13. The Balaban J connectivity index is 1.47. The van der Waals surface area contributed by atoms with Gasteiger partial charge in [-0.15, -0.1) is 11.3 Å². The second-order valence-electron chi connectivity index (χ2n) is 10.2. The van der Waals surface area contributed by atoms with Gasteiger partial charge in [0.2, 0.25) is 0 Å². The van der Waals surface area contributed by atoms with Crippen molar-refractivity contribution in [2.75, 3.05) is 19.0 Å². The maximum Gasteiger partial charge on any atom is 0.318 e. The second-order valence-corrected chi connectivity index (χ2v) is 11.3. The van der Waals surface area contributed by atoms with E-state index < -0.39 is 0 Å². The first-order chi connectivity index (χ1) is 16.6. The van der Waals surface area contributed by atoms with E-state index in [2.05, 4.69) is 76.4 Å². The number of hydrogen-bond donors (Lipinski definition) is 1. The van der Waals surface area contributed by atoms with Gasteiger partial charge in [0.25, 0.3) is 0 Å². The molecule has 3 heterocycles. The van der Waals surface area contributed by atoms with Gasteiger partial charge in [-0.2, -0.15) is 0 Å². The molecule has 1 saturated carbocycles. The van der Waals surface area contributed by atoms with Gasteiger partial charge in [-0.3, -0.25) is 0 Å². The zero-order valence-electron chi connectivity index (χ0n) is 20.2. The average molecular weight is 475 g/mol. The summed E-state index contributed by atoms with van der Waals surface area (Å²) in [6.07, 6.45) is 11.6. The number of urea groups is 1. The molecule has 0 radical (unpaired) electrons. The molecule has 1 unspecified atom stereocenters. The monoisotopic (exact) mass is 474 g/mol. The van der Waals surface area contributed by atoms with E-state index in [4.69, 9.17) is 0 Å². The summed E-state index contributed by atoms with van der Waals surface area (Å²) >= 11 is 1.95. The van der Waals surface area contributed by atoms with Gasteiger partial charge in [-0.1, -0.05) is 25.0 Å². The van der Waals surface area contributed by atoms with E-state index in [0.717, 1.165) is 24.8 Å². The van der Waals surface area contributed by atoms with Crippen LogP contribution < -0.4 is 10.2 Å². The molecule has 2 aromatic heterocycles. The van der Waals surface area contributed by atoms with Crippen LogP contribution >= 0.6 is 11.3 Å². The number of hydrogen-bond acceptors (Lipinski definition) is 3. The smallest absolute Gasteiger partial charge is 0.318 e. The number of anilines is 1. The molecule has 0 spiro atoms. The number of nitrogens with zero attached hydrogens (tertiary/aromatic N) is 3. The van der Waals surface area contributed by atoms with E-state index in [9.17, 15) is 4.79 Å². The SMILES string of the molecule is CN(C)c1ccc(C2c3cccn3-c3sc4c(c3CN2C(=O)NC2CCCC2)CCCC4)cc1. The number of carbonyl (C=O) groups excluding carboxylic acids is 1. The second kappa shape index (κ2) is 8.81. The van der Waals surface area contributed by atoms with Crippen LogP contribution in [0.1, 0.15) is 71.8 Å². The Bertz CT molecular complexity index is 1190. The molecule has 6 rings (SSSR count). The highest BCUT2D eigenvalue weighted by Crippen LogP contribution is 2.44. The van der Waals surface area contributed by atoms with Crippen molar-refractivity contribution in [1.29, 1.82) is 0 Å². The van der Waals surface area contributed by atoms with Crippen molar-refractivity contribution < 1.29 is 4.79 Å². The molecule has 1 N–H and O–H groups in total. The van der Waals surface area contributed by atoms with E-state index >= 15 is 0 Å². The van der Waals surface area contributed by atoms with Crippen molar-refractivity contribution in [1.82, 2.24) is 14.8 Å². The predicted molar refractivity (Wildman–Crippen MR) is 139 cm³/mol. The van der Waals surface area contributed by atoms with E-state index in [0.29, 0.717) is 12.6 Å². The van der Waals surface area contributed by atoms with Crippen LogP contribution in [0.3, 0.4) is 0 Å². The lowest BCUT2D eigenvalue weighted by Gasteiger charge is -2.32. The minimum atomic E-state index is -0.119. The van der Waals surface area contributed by atoms with Gasteiger partial charge in [0.15, 0.2) is 0 Å². The van der Waals surface area contributed by atoms with Crippen molar-refractivity contribution in [2.45, 2.75) is 70.0 Å². The first-order valence-electron chi connectivity index (χ1n) is 12.8. The van der Waals surface area contributed by atoms with Crippen LogP contribution in [0.25, 0.3) is 5.00 Å². The molecule has 2 amide bonds. The predicted octanol–water partition coefficient (Wildman–Crippen LogP) is 6.04. The van der Waals surface area contributed by atoms with E-state index in [-0.39, 0.29) is 12.1 Å². The van der Waals surface area contributed by atoms with Crippen LogP contribution in [-0.2, 0) is 19.4 Å². The molecule has 3 aliphatic rings. The number of nitrogens with one attached hydrogen (secondary N) is 1. The Morgan fingerprint density at radius 3 is 2.53 bits per heavy atom. The Morgan fingerprint density at radius 1 is 1.00 bits per heavy atom. The molecule has 1 aromatic carbocycles. The van der Waals surface area contributed by atoms with Gasteiger partial charge in [0.05, 0.1) is 18.3 Å². The highest BCUT2D eigenvalue weighted by atomic mass is 32.1. The molecule has 0 saturated heterocycles. The molecule has 1 fully saturated rings. The molecule has 5 nitrogen and oxygen atoms in total. The fourth-order valence-corrected chi connectivity index (χ4v) is 7.42. The molecule has 2 aliphatic carbocycles. The van der Waals surface area contributed by atoms with Crippen LogP contribution in [0.2, 0.25) is 0 Å². The zero-order valence-corrected chi connectivity index (χ0v) is 21.0. The zero-order chi connectivity index (χ0) is 23.2. The van der Waals surface area contributed by atoms with Crippen LogP contribution in [0.4, 0.5) is 10.5 Å². The average Bonchev–Trinajstić information content (AvgIpc) is 3.58. The summed E-state index contributed by atoms with van der Waals surface area (Å²) in [5, 5.41) is 4.72. The molecular formula is C28H34N4OS. The summed E-state index contributed by atoms with van der Waals surface area (Å²) in [6.45, 7) is 0.668. The number of aryl methyl sites for hydroxylation is 1. The minimum Gasteiger partial charge on any atom is -0.378 e. The lowest BCUT2D eigenvalue weighted by atomic mass is 9.95. The first-order valence-corrected chi connectivity index (χ1v) is 13.6.